The molecular weight excluding hydrogens is 342 g/mol. The third-order valence-electron chi connectivity index (χ3n) is 5.22. The Labute approximate surface area is 164 Å². The van der Waals surface area contributed by atoms with Gasteiger partial charge in [0.05, 0.1) is 17.9 Å². The molecule has 2 heteroatoms. The Morgan fingerprint density at radius 3 is 1.68 bits per heavy atom. The lowest BCUT2D eigenvalue weighted by Crippen LogP contribution is -2.32. The molecule has 0 spiro atoms. The van der Waals surface area contributed by atoms with Gasteiger partial charge in [-0.1, -0.05) is 54.6 Å². The number of methoxy groups -OCH3 is 1. The largest absolute Gasteiger partial charge is 0.497 e. The zero-order chi connectivity index (χ0) is 18.9. The molecule has 1 aromatic heterocycles. The maximum atomic E-state index is 5.35. The van der Waals surface area contributed by atoms with Crippen LogP contribution in [0.1, 0.15) is 0 Å². The molecule has 5 rings (SSSR count). The predicted octanol–water partition coefficient (Wildman–Crippen LogP) is 5.95. The summed E-state index contributed by atoms with van der Waals surface area (Å²) in [5.41, 5.74) is 5.99. The highest BCUT2D eigenvalue weighted by molar-refractivity contribution is 6.07. The number of pyridine rings is 1. The Hall–Kier alpha value is -3.65. The van der Waals surface area contributed by atoms with Crippen molar-refractivity contribution in [1.82, 2.24) is 0 Å². The van der Waals surface area contributed by atoms with Crippen LogP contribution in [0.25, 0.3) is 38.6 Å². The van der Waals surface area contributed by atoms with Crippen molar-refractivity contribution in [2.24, 2.45) is 0 Å². The van der Waals surface area contributed by atoms with E-state index >= 15 is 0 Å². The lowest BCUT2D eigenvalue weighted by molar-refractivity contribution is -0.537. The molecule has 5 aromatic rings. The highest BCUT2D eigenvalue weighted by Gasteiger charge is 2.22. The van der Waals surface area contributed by atoms with Crippen LogP contribution < -0.4 is 9.30 Å². The summed E-state index contributed by atoms with van der Waals surface area (Å²) in [5.74, 6) is 0.868. The minimum absolute atomic E-state index is 0.868. The summed E-state index contributed by atoms with van der Waals surface area (Å²) in [4.78, 5) is 0. The predicted molar refractivity (Wildman–Crippen MR) is 115 cm³/mol. The van der Waals surface area contributed by atoms with Crippen molar-refractivity contribution in [3.05, 3.63) is 103 Å². The number of ether oxygens (including phenoxy) is 1. The average Bonchev–Trinajstić information content (AvgIpc) is 2.78. The molecule has 0 aliphatic heterocycles. The van der Waals surface area contributed by atoms with Crippen LogP contribution in [0, 0.1) is 0 Å². The van der Waals surface area contributed by atoms with E-state index in [1.54, 1.807) is 7.11 Å². The fourth-order valence-electron chi connectivity index (χ4n) is 3.96. The molecule has 0 aliphatic rings. The van der Waals surface area contributed by atoms with Crippen molar-refractivity contribution in [3.8, 4) is 22.6 Å². The second-order valence-corrected chi connectivity index (χ2v) is 6.81. The van der Waals surface area contributed by atoms with Crippen molar-refractivity contribution in [1.29, 1.82) is 0 Å². The van der Waals surface area contributed by atoms with Gasteiger partial charge in [-0.3, -0.25) is 0 Å². The van der Waals surface area contributed by atoms with Gasteiger partial charge in [-0.2, -0.15) is 4.57 Å². The molecule has 0 radical (unpaired) electrons. The van der Waals surface area contributed by atoms with E-state index in [-0.39, 0.29) is 0 Å². The number of para-hydroxylation sites is 3. The smallest absolute Gasteiger partial charge is 0.219 e. The normalized spacial score (nSPS) is 11.0. The first-order chi connectivity index (χ1) is 13.9. The quantitative estimate of drug-likeness (QED) is 0.286. The number of aromatic nitrogens is 1. The Bertz CT molecular complexity index is 1220. The molecule has 134 valence electrons. The topological polar surface area (TPSA) is 13.1 Å². The average molecular weight is 362 g/mol. The Kier molecular flexibility index (Phi) is 4.02. The van der Waals surface area contributed by atoms with Crippen LogP contribution in [0.15, 0.2) is 103 Å². The first-order valence-corrected chi connectivity index (χ1v) is 9.42. The van der Waals surface area contributed by atoms with Crippen LogP contribution in [0.4, 0.5) is 0 Å². The van der Waals surface area contributed by atoms with Gasteiger partial charge in [-0.05, 0) is 29.8 Å². The van der Waals surface area contributed by atoms with Gasteiger partial charge >= 0.3 is 0 Å². The van der Waals surface area contributed by atoms with E-state index in [0.717, 1.165) is 11.4 Å². The van der Waals surface area contributed by atoms with Gasteiger partial charge in [0.15, 0.2) is 0 Å². The molecule has 0 amide bonds. The third kappa shape index (κ3) is 2.62. The first kappa shape index (κ1) is 16.5. The van der Waals surface area contributed by atoms with Crippen molar-refractivity contribution >= 4 is 21.8 Å². The summed E-state index contributed by atoms with van der Waals surface area (Å²) in [7, 11) is 1.70. The van der Waals surface area contributed by atoms with Gasteiger partial charge in [0.1, 0.15) is 5.75 Å². The summed E-state index contributed by atoms with van der Waals surface area (Å²) in [6.45, 7) is 0. The highest BCUT2D eigenvalue weighted by Crippen LogP contribution is 2.35. The zero-order valence-electron chi connectivity index (χ0n) is 15.7. The molecule has 4 aromatic carbocycles. The molecule has 0 unspecified atom stereocenters. The number of rotatable bonds is 3. The molecule has 0 N–H and O–H groups in total. The van der Waals surface area contributed by atoms with Crippen LogP contribution in [-0.2, 0) is 0 Å². The lowest BCUT2D eigenvalue weighted by Gasteiger charge is -2.12. The molecule has 0 atom stereocenters. The minimum atomic E-state index is 0.868. The Morgan fingerprint density at radius 1 is 0.571 bits per heavy atom. The maximum Gasteiger partial charge on any atom is 0.219 e. The van der Waals surface area contributed by atoms with Gasteiger partial charge in [-0.25, -0.2) is 0 Å². The Morgan fingerprint density at radius 2 is 1.11 bits per heavy atom. The van der Waals surface area contributed by atoms with E-state index in [1.165, 1.54) is 32.9 Å². The van der Waals surface area contributed by atoms with E-state index in [9.17, 15) is 0 Å². The van der Waals surface area contributed by atoms with Crippen molar-refractivity contribution in [3.63, 3.8) is 0 Å². The van der Waals surface area contributed by atoms with Crippen LogP contribution >= 0.6 is 0 Å². The zero-order valence-corrected chi connectivity index (χ0v) is 15.7. The maximum absolute atomic E-state index is 5.35. The van der Waals surface area contributed by atoms with Crippen LogP contribution in [0.3, 0.4) is 0 Å². The summed E-state index contributed by atoms with van der Waals surface area (Å²) in [6, 6.07) is 36.1. The van der Waals surface area contributed by atoms with Gasteiger partial charge in [-0.15, -0.1) is 0 Å². The molecule has 0 saturated carbocycles. The molecular formula is C26H20NO+. The summed E-state index contributed by atoms with van der Waals surface area (Å²) in [6.07, 6.45) is 0. The summed E-state index contributed by atoms with van der Waals surface area (Å²) < 4.78 is 7.70. The molecule has 0 fully saturated rings. The lowest BCUT2D eigenvalue weighted by atomic mass is 9.95. The second kappa shape index (κ2) is 6.82. The Balaban J connectivity index is 1.94. The molecule has 1 heterocycles. The SMILES string of the molecule is COc1ccc(-c2c3ccccc3[n+](-c3ccccc3)c3ccccc23)cc1. The number of nitrogens with zero attached hydrogens (tertiary/aromatic N) is 1. The molecule has 2 nitrogen and oxygen atoms in total. The summed E-state index contributed by atoms with van der Waals surface area (Å²) >= 11 is 0. The van der Waals surface area contributed by atoms with Crippen molar-refractivity contribution in [2.45, 2.75) is 0 Å². The standard InChI is InChI=1S/C26H20NO/c1-28-21-17-15-19(16-18-21)26-22-11-5-7-13-24(22)27(20-9-3-2-4-10-20)25-14-8-6-12-23(25)26/h2-18H,1H3/q+1. The molecule has 0 aliphatic carbocycles. The molecule has 28 heavy (non-hydrogen) atoms. The number of benzene rings is 4. The van der Waals surface area contributed by atoms with Crippen LogP contribution in [-0.4, -0.2) is 7.11 Å². The van der Waals surface area contributed by atoms with E-state index in [2.05, 4.69) is 95.6 Å². The first-order valence-electron chi connectivity index (χ1n) is 9.42. The number of hydrogen-bond acceptors (Lipinski definition) is 1. The van der Waals surface area contributed by atoms with Crippen LogP contribution in [0.5, 0.6) is 5.75 Å². The van der Waals surface area contributed by atoms with E-state index in [4.69, 9.17) is 4.74 Å². The third-order valence-corrected chi connectivity index (χ3v) is 5.22. The monoisotopic (exact) mass is 362 g/mol. The summed E-state index contributed by atoms with van der Waals surface area (Å²) in [5, 5.41) is 2.46. The highest BCUT2D eigenvalue weighted by atomic mass is 16.5. The fourth-order valence-corrected chi connectivity index (χ4v) is 3.96. The van der Waals surface area contributed by atoms with Crippen LogP contribution in [0.2, 0.25) is 0 Å². The van der Waals surface area contributed by atoms with Crippen molar-refractivity contribution < 1.29 is 9.30 Å². The van der Waals surface area contributed by atoms with Gasteiger partial charge in [0.25, 0.3) is 0 Å². The van der Waals surface area contributed by atoms with Gasteiger partial charge in [0.2, 0.25) is 16.7 Å². The fraction of sp³-hybridized carbons (Fsp3) is 0.0385. The van der Waals surface area contributed by atoms with E-state index in [0.29, 0.717) is 0 Å². The minimum Gasteiger partial charge on any atom is -0.497 e. The van der Waals surface area contributed by atoms with Crippen molar-refractivity contribution in [2.75, 3.05) is 7.11 Å². The van der Waals surface area contributed by atoms with E-state index in [1.807, 2.05) is 12.1 Å². The van der Waals surface area contributed by atoms with Gasteiger partial charge in [0, 0.05) is 29.8 Å². The van der Waals surface area contributed by atoms with E-state index < -0.39 is 0 Å². The number of hydrogen-bond donors (Lipinski definition) is 0. The molecule has 0 saturated heterocycles. The second-order valence-electron chi connectivity index (χ2n) is 6.81. The van der Waals surface area contributed by atoms with Gasteiger partial charge < -0.3 is 4.74 Å². The molecule has 0 bridgehead atoms. The number of fused-ring (bicyclic) bond motifs is 2.